The zero-order chi connectivity index (χ0) is 25.1. The van der Waals surface area contributed by atoms with Gasteiger partial charge in [-0.15, -0.1) is 0 Å². The van der Waals surface area contributed by atoms with Crippen molar-refractivity contribution >= 4 is 16.9 Å². The zero-order valence-corrected chi connectivity index (χ0v) is 20.6. The van der Waals surface area contributed by atoms with Crippen LogP contribution in [0.15, 0.2) is 78.9 Å². The molecule has 0 aliphatic rings. The molecular weight excluding hydrogens is 448 g/mol. The van der Waals surface area contributed by atoms with Crippen LogP contribution < -0.4 is 10.1 Å². The Kier molecular flexibility index (Phi) is 6.50. The largest absolute Gasteiger partial charge is 0.494 e. The molecule has 180 valence electrons. The van der Waals surface area contributed by atoms with E-state index in [4.69, 9.17) is 9.72 Å². The quantitative estimate of drug-likeness (QED) is 0.291. The minimum Gasteiger partial charge on any atom is -0.494 e. The van der Waals surface area contributed by atoms with Crippen molar-refractivity contribution in [2.75, 3.05) is 6.61 Å². The number of nitrogens with one attached hydrogen (secondary N) is 2. The standard InChI is InChI=1S/C30H28N4O2/c1-4-36-24-15-13-22(14-16-24)26-17-25(30(35)31-18-21-9-5-19(2)6-10-21)27-28(33-34-29(27)32-26)23-11-7-20(3)8-12-23/h5-17H,4,18H2,1-3H3,(H,31,35)(H,32,33,34). The van der Waals surface area contributed by atoms with Crippen molar-refractivity contribution in [2.24, 2.45) is 0 Å². The Morgan fingerprint density at radius 3 is 2.19 bits per heavy atom. The summed E-state index contributed by atoms with van der Waals surface area (Å²) in [6.07, 6.45) is 0. The van der Waals surface area contributed by atoms with E-state index in [2.05, 4.69) is 15.5 Å². The van der Waals surface area contributed by atoms with Crippen LogP contribution in [0.3, 0.4) is 0 Å². The van der Waals surface area contributed by atoms with E-state index in [0.29, 0.717) is 35.4 Å². The summed E-state index contributed by atoms with van der Waals surface area (Å²) in [6.45, 7) is 7.07. The predicted octanol–water partition coefficient (Wildman–Crippen LogP) is 6.24. The van der Waals surface area contributed by atoms with E-state index in [-0.39, 0.29) is 5.91 Å². The van der Waals surface area contributed by atoms with Crippen molar-refractivity contribution in [3.8, 4) is 28.3 Å². The summed E-state index contributed by atoms with van der Waals surface area (Å²) in [4.78, 5) is 18.3. The molecule has 36 heavy (non-hydrogen) atoms. The fourth-order valence-electron chi connectivity index (χ4n) is 4.15. The van der Waals surface area contributed by atoms with E-state index in [1.807, 2.05) is 99.6 Å². The Balaban J connectivity index is 1.57. The van der Waals surface area contributed by atoms with Crippen molar-refractivity contribution in [2.45, 2.75) is 27.3 Å². The van der Waals surface area contributed by atoms with E-state index >= 15 is 0 Å². The van der Waals surface area contributed by atoms with Gasteiger partial charge in [0.2, 0.25) is 0 Å². The molecule has 0 radical (unpaired) electrons. The summed E-state index contributed by atoms with van der Waals surface area (Å²) in [5.74, 6) is 0.616. The third-order valence-corrected chi connectivity index (χ3v) is 6.14. The summed E-state index contributed by atoms with van der Waals surface area (Å²) in [7, 11) is 0. The number of fused-ring (bicyclic) bond motifs is 1. The molecule has 0 atom stereocenters. The van der Waals surface area contributed by atoms with Crippen LogP contribution in [0, 0.1) is 13.8 Å². The first-order chi connectivity index (χ1) is 17.5. The van der Waals surface area contributed by atoms with Gasteiger partial charge < -0.3 is 10.1 Å². The first-order valence-electron chi connectivity index (χ1n) is 12.0. The highest BCUT2D eigenvalue weighted by Crippen LogP contribution is 2.32. The molecule has 0 aliphatic carbocycles. The highest BCUT2D eigenvalue weighted by Gasteiger charge is 2.20. The summed E-state index contributed by atoms with van der Waals surface area (Å²) in [5, 5.41) is 11.4. The second-order valence-corrected chi connectivity index (χ2v) is 8.84. The van der Waals surface area contributed by atoms with Crippen LogP contribution >= 0.6 is 0 Å². The van der Waals surface area contributed by atoms with Crippen LogP contribution in [-0.4, -0.2) is 27.7 Å². The number of amides is 1. The van der Waals surface area contributed by atoms with E-state index in [0.717, 1.165) is 33.7 Å². The molecule has 2 N–H and O–H groups in total. The van der Waals surface area contributed by atoms with Gasteiger partial charge >= 0.3 is 0 Å². The van der Waals surface area contributed by atoms with E-state index < -0.39 is 0 Å². The van der Waals surface area contributed by atoms with Crippen molar-refractivity contribution in [3.05, 3.63) is 101 Å². The summed E-state index contributed by atoms with van der Waals surface area (Å²) in [6, 6.07) is 25.8. The molecule has 0 unspecified atom stereocenters. The number of ether oxygens (including phenoxy) is 1. The molecule has 0 saturated carbocycles. The Labute approximate surface area is 210 Å². The Morgan fingerprint density at radius 2 is 1.53 bits per heavy atom. The van der Waals surface area contributed by atoms with E-state index in [1.165, 1.54) is 5.56 Å². The normalized spacial score (nSPS) is 11.0. The maximum atomic E-state index is 13.6. The summed E-state index contributed by atoms with van der Waals surface area (Å²) in [5.41, 5.74) is 7.69. The van der Waals surface area contributed by atoms with Gasteiger partial charge in [-0.2, -0.15) is 5.10 Å². The monoisotopic (exact) mass is 476 g/mol. The lowest BCUT2D eigenvalue weighted by Gasteiger charge is -2.11. The third kappa shape index (κ3) is 4.84. The molecule has 0 fully saturated rings. The third-order valence-electron chi connectivity index (χ3n) is 6.14. The summed E-state index contributed by atoms with van der Waals surface area (Å²) >= 11 is 0. The molecule has 0 aliphatic heterocycles. The fraction of sp³-hybridized carbons (Fsp3) is 0.167. The summed E-state index contributed by atoms with van der Waals surface area (Å²) < 4.78 is 5.57. The number of rotatable bonds is 7. The topological polar surface area (TPSA) is 79.9 Å². The number of H-pyrrole nitrogens is 1. The van der Waals surface area contributed by atoms with Gasteiger partial charge in [0.05, 0.1) is 28.9 Å². The molecule has 5 aromatic rings. The molecule has 0 spiro atoms. The second-order valence-electron chi connectivity index (χ2n) is 8.84. The minimum atomic E-state index is -0.176. The molecule has 3 aromatic carbocycles. The number of hydrogen-bond acceptors (Lipinski definition) is 4. The van der Waals surface area contributed by atoms with Gasteiger partial charge in [0.1, 0.15) is 5.75 Å². The van der Waals surface area contributed by atoms with Gasteiger partial charge in [-0.25, -0.2) is 4.98 Å². The maximum Gasteiger partial charge on any atom is 0.252 e. The van der Waals surface area contributed by atoms with E-state index in [1.54, 1.807) is 0 Å². The SMILES string of the molecule is CCOc1ccc(-c2cc(C(=O)NCc3ccc(C)cc3)c3c(-c4ccc(C)cc4)[nH]nc3n2)cc1. The number of carbonyl (C=O) groups excluding carboxylic acids is 1. The molecule has 6 nitrogen and oxygen atoms in total. The van der Waals surface area contributed by atoms with Crippen molar-refractivity contribution < 1.29 is 9.53 Å². The average Bonchev–Trinajstić information content (AvgIpc) is 3.33. The lowest BCUT2D eigenvalue weighted by Crippen LogP contribution is -2.23. The lowest BCUT2D eigenvalue weighted by atomic mass is 10.0. The molecule has 2 aromatic heterocycles. The number of aryl methyl sites for hydroxylation is 2. The van der Waals surface area contributed by atoms with Gasteiger partial charge in [-0.05, 0) is 56.7 Å². The number of carbonyl (C=O) groups is 1. The molecule has 1 amide bonds. The van der Waals surface area contributed by atoms with E-state index in [9.17, 15) is 4.79 Å². The smallest absolute Gasteiger partial charge is 0.252 e. The molecular formula is C30H28N4O2. The van der Waals surface area contributed by atoms with Crippen LogP contribution in [0.25, 0.3) is 33.5 Å². The Bertz CT molecular complexity index is 1500. The number of nitrogens with zero attached hydrogens (tertiary/aromatic N) is 2. The lowest BCUT2D eigenvalue weighted by molar-refractivity contribution is 0.0952. The number of pyridine rings is 1. The van der Waals surface area contributed by atoms with Gasteiger partial charge in [0.15, 0.2) is 5.65 Å². The average molecular weight is 477 g/mol. The van der Waals surface area contributed by atoms with Gasteiger partial charge in [-0.3, -0.25) is 9.89 Å². The Morgan fingerprint density at radius 1 is 0.889 bits per heavy atom. The fourth-order valence-corrected chi connectivity index (χ4v) is 4.15. The van der Waals surface area contributed by atoms with Crippen LogP contribution in [0.1, 0.15) is 34.0 Å². The molecule has 0 bridgehead atoms. The highest BCUT2D eigenvalue weighted by atomic mass is 16.5. The van der Waals surface area contributed by atoms with Crippen LogP contribution in [0.4, 0.5) is 0 Å². The molecule has 2 heterocycles. The first-order valence-corrected chi connectivity index (χ1v) is 12.0. The van der Waals surface area contributed by atoms with Gasteiger partial charge in [0.25, 0.3) is 5.91 Å². The molecule has 5 rings (SSSR count). The van der Waals surface area contributed by atoms with Crippen molar-refractivity contribution in [3.63, 3.8) is 0 Å². The predicted molar refractivity (Wildman–Crippen MR) is 143 cm³/mol. The van der Waals surface area contributed by atoms with Crippen LogP contribution in [0.2, 0.25) is 0 Å². The molecule has 0 saturated heterocycles. The zero-order valence-electron chi connectivity index (χ0n) is 20.6. The van der Waals surface area contributed by atoms with Crippen molar-refractivity contribution in [1.82, 2.24) is 20.5 Å². The van der Waals surface area contributed by atoms with Crippen LogP contribution in [-0.2, 0) is 6.54 Å². The minimum absolute atomic E-state index is 0.176. The maximum absolute atomic E-state index is 13.6. The number of aromatic nitrogens is 3. The Hall–Kier alpha value is -4.45. The number of hydrogen-bond donors (Lipinski definition) is 2. The van der Waals surface area contributed by atoms with Gasteiger partial charge in [-0.1, -0.05) is 59.7 Å². The number of benzene rings is 3. The highest BCUT2D eigenvalue weighted by molar-refractivity contribution is 6.11. The van der Waals surface area contributed by atoms with Gasteiger partial charge in [0, 0.05) is 17.7 Å². The second kappa shape index (κ2) is 10.0. The van der Waals surface area contributed by atoms with Crippen LogP contribution in [0.5, 0.6) is 5.75 Å². The first kappa shape index (κ1) is 23.3. The number of aromatic amines is 1. The van der Waals surface area contributed by atoms with Crippen molar-refractivity contribution in [1.29, 1.82) is 0 Å². The molecule has 6 heteroatoms.